The van der Waals surface area contributed by atoms with Gasteiger partial charge in [0.2, 0.25) is 23.6 Å². The molecule has 2 heterocycles. The third-order valence-corrected chi connectivity index (χ3v) is 9.24. The number of carbonyl (C=O) groups excluding carboxylic acids is 4. The molecule has 4 amide bonds. The number of ether oxygens (including phenoxy) is 2. The first-order chi connectivity index (χ1) is 20.5. The van der Waals surface area contributed by atoms with Gasteiger partial charge in [-0.25, -0.2) is 9.80 Å². The van der Waals surface area contributed by atoms with Gasteiger partial charge in [-0.1, -0.05) is 66.7 Å². The van der Waals surface area contributed by atoms with E-state index < -0.39 is 35.0 Å². The standard InChI is InChI=1S/C34H30N2O6/c1-3-41-24-16-10-8-14-22(24)35-30(37)26-21-18-19-34(28(26)32(35)39,20-12-6-5-7-13-20)29-27(21)31(38)36(33(29)40)23-15-9-11-17-25(23)42-4-2/h5-19,21,26-29H,3-4H2,1-2H3/t21?,26-,27-,28-,29+,34?/m0/s1. The van der Waals surface area contributed by atoms with Crippen molar-refractivity contribution >= 4 is 35.0 Å². The van der Waals surface area contributed by atoms with Crippen molar-refractivity contribution in [3.63, 3.8) is 0 Å². The van der Waals surface area contributed by atoms with Crippen molar-refractivity contribution in [1.29, 1.82) is 0 Å². The van der Waals surface area contributed by atoms with Gasteiger partial charge in [0.25, 0.3) is 0 Å². The Labute approximate surface area is 243 Å². The van der Waals surface area contributed by atoms with Gasteiger partial charge >= 0.3 is 0 Å². The van der Waals surface area contributed by atoms with E-state index in [4.69, 9.17) is 9.47 Å². The maximum Gasteiger partial charge on any atom is 0.239 e. The number of anilines is 2. The second-order valence-corrected chi connectivity index (χ2v) is 11.1. The van der Waals surface area contributed by atoms with E-state index in [9.17, 15) is 19.2 Å². The molecule has 0 radical (unpaired) electrons. The van der Waals surface area contributed by atoms with E-state index >= 15 is 0 Å². The fourth-order valence-corrected chi connectivity index (χ4v) is 7.79. The number of hydrogen-bond donors (Lipinski definition) is 0. The number of carbonyl (C=O) groups is 4. The van der Waals surface area contributed by atoms with E-state index in [1.807, 2.05) is 56.3 Å². The number of para-hydroxylation sites is 4. The molecule has 212 valence electrons. The fraction of sp³-hybridized carbons (Fsp3) is 0.294. The average Bonchev–Trinajstić information content (AvgIpc) is 3.45. The Hall–Kier alpha value is -4.72. The van der Waals surface area contributed by atoms with Gasteiger partial charge in [0.15, 0.2) is 0 Å². The molecule has 3 fully saturated rings. The lowest BCUT2D eigenvalue weighted by Gasteiger charge is -2.53. The highest BCUT2D eigenvalue weighted by Gasteiger charge is 2.75. The van der Waals surface area contributed by atoms with Crippen LogP contribution in [0.1, 0.15) is 19.4 Å². The van der Waals surface area contributed by atoms with Crippen LogP contribution in [0.4, 0.5) is 11.4 Å². The number of amides is 4. The minimum atomic E-state index is -1.20. The molecule has 3 aromatic carbocycles. The zero-order valence-corrected chi connectivity index (χ0v) is 23.3. The summed E-state index contributed by atoms with van der Waals surface area (Å²) in [5.41, 5.74) is 0.282. The number of hydrogen-bond acceptors (Lipinski definition) is 6. The van der Waals surface area contributed by atoms with Crippen molar-refractivity contribution in [2.75, 3.05) is 23.0 Å². The quantitative estimate of drug-likeness (QED) is 0.310. The lowest BCUT2D eigenvalue weighted by Crippen LogP contribution is -2.60. The molecule has 2 aliphatic heterocycles. The van der Waals surface area contributed by atoms with Crippen LogP contribution in [0.15, 0.2) is 91.0 Å². The van der Waals surface area contributed by atoms with Crippen LogP contribution in [-0.4, -0.2) is 36.8 Å². The van der Waals surface area contributed by atoms with Crippen LogP contribution >= 0.6 is 0 Å². The second-order valence-electron chi connectivity index (χ2n) is 11.1. The van der Waals surface area contributed by atoms with E-state index in [0.717, 1.165) is 5.56 Å². The summed E-state index contributed by atoms with van der Waals surface area (Å²) in [6.45, 7) is 4.41. The molecular formula is C34H30N2O6. The lowest BCUT2D eigenvalue weighted by atomic mass is 9.45. The molecule has 8 heteroatoms. The Morgan fingerprint density at radius 1 is 0.619 bits per heavy atom. The molecule has 1 saturated carbocycles. The lowest BCUT2D eigenvalue weighted by molar-refractivity contribution is -0.140. The summed E-state index contributed by atoms with van der Waals surface area (Å²) in [4.78, 5) is 60.1. The molecule has 8 nitrogen and oxygen atoms in total. The van der Waals surface area contributed by atoms with E-state index in [-0.39, 0.29) is 23.6 Å². The van der Waals surface area contributed by atoms with E-state index in [0.29, 0.717) is 36.1 Å². The zero-order valence-electron chi connectivity index (χ0n) is 23.3. The number of imide groups is 2. The molecular weight excluding hydrogens is 532 g/mol. The van der Waals surface area contributed by atoms with Crippen LogP contribution in [-0.2, 0) is 24.6 Å². The molecule has 0 spiro atoms. The Kier molecular flexibility index (Phi) is 6.04. The molecule has 5 aliphatic rings. The third-order valence-electron chi connectivity index (χ3n) is 9.24. The highest BCUT2D eigenvalue weighted by molar-refractivity contribution is 6.27. The molecule has 0 aromatic heterocycles. The van der Waals surface area contributed by atoms with Crippen molar-refractivity contribution in [2.24, 2.45) is 29.6 Å². The van der Waals surface area contributed by atoms with Crippen molar-refractivity contribution < 1.29 is 28.7 Å². The first-order valence-corrected chi connectivity index (χ1v) is 14.4. The van der Waals surface area contributed by atoms with Gasteiger partial charge in [-0.15, -0.1) is 0 Å². The highest BCUT2D eigenvalue weighted by atomic mass is 16.5. The van der Waals surface area contributed by atoms with Crippen LogP contribution in [0.3, 0.4) is 0 Å². The predicted octanol–water partition coefficient (Wildman–Crippen LogP) is 4.53. The predicted molar refractivity (Wildman–Crippen MR) is 155 cm³/mol. The highest BCUT2D eigenvalue weighted by Crippen LogP contribution is 2.65. The van der Waals surface area contributed by atoms with Crippen LogP contribution in [0.2, 0.25) is 0 Å². The van der Waals surface area contributed by atoms with Crippen LogP contribution in [0, 0.1) is 29.6 Å². The van der Waals surface area contributed by atoms with E-state index in [1.165, 1.54) is 9.80 Å². The summed E-state index contributed by atoms with van der Waals surface area (Å²) < 4.78 is 11.6. The smallest absolute Gasteiger partial charge is 0.239 e. The third kappa shape index (κ3) is 3.35. The van der Waals surface area contributed by atoms with E-state index in [1.54, 1.807) is 48.5 Å². The molecule has 3 aromatic rings. The molecule has 2 bridgehead atoms. The molecule has 2 unspecified atom stereocenters. The Morgan fingerprint density at radius 3 is 1.55 bits per heavy atom. The maximum atomic E-state index is 14.5. The van der Waals surface area contributed by atoms with Gasteiger partial charge in [0.1, 0.15) is 11.5 Å². The summed E-state index contributed by atoms with van der Waals surface area (Å²) in [5.74, 6) is -4.63. The number of nitrogens with zero attached hydrogens (tertiary/aromatic N) is 2. The largest absolute Gasteiger partial charge is 0.492 e. The normalized spacial score (nSPS) is 29.2. The molecule has 6 atom stereocenters. The summed E-state index contributed by atoms with van der Waals surface area (Å²) in [7, 11) is 0. The van der Waals surface area contributed by atoms with Gasteiger partial charge in [-0.2, -0.15) is 0 Å². The Balaban J connectivity index is 1.41. The molecule has 42 heavy (non-hydrogen) atoms. The zero-order chi connectivity index (χ0) is 29.2. The van der Waals surface area contributed by atoms with Crippen molar-refractivity contribution in [2.45, 2.75) is 19.3 Å². The van der Waals surface area contributed by atoms with Gasteiger partial charge in [0.05, 0.1) is 48.3 Å². The second kappa shape index (κ2) is 9.69. The topological polar surface area (TPSA) is 93.2 Å². The maximum absolute atomic E-state index is 14.5. The summed E-state index contributed by atoms with van der Waals surface area (Å²) in [5, 5.41) is 0. The molecule has 2 saturated heterocycles. The van der Waals surface area contributed by atoms with Gasteiger partial charge in [-0.05, 0) is 43.7 Å². The van der Waals surface area contributed by atoms with Crippen LogP contribution in [0.25, 0.3) is 0 Å². The number of allylic oxidation sites excluding steroid dienone is 2. The first kappa shape index (κ1) is 26.2. The van der Waals surface area contributed by atoms with Gasteiger partial charge in [0, 0.05) is 11.3 Å². The van der Waals surface area contributed by atoms with Crippen molar-refractivity contribution in [1.82, 2.24) is 0 Å². The SMILES string of the molecule is CCOc1ccccc1N1C(=O)[C@@H]2[C@@H](C1=O)C1C=CC2(c2ccccc2)[C@H]2C(=O)N(c3ccccc3OCC)C(=O)[C@@H]12. The van der Waals surface area contributed by atoms with Crippen molar-refractivity contribution in [3.05, 3.63) is 96.6 Å². The Bertz CT molecular complexity index is 1550. The average molecular weight is 563 g/mol. The number of benzene rings is 3. The van der Waals surface area contributed by atoms with Crippen LogP contribution in [0.5, 0.6) is 11.5 Å². The summed E-state index contributed by atoms with van der Waals surface area (Å²) in [6.07, 6.45) is 3.81. The van der Waals surface area contributed by atoms with Gasteiger partial charge < -0.3 is 9.47 Å². The van der Waals surface area contributed by atoms with Gasteiger partial charge in [-0.3, -0.25) is 19.2 Å². The summed E-state index contributed by atoms with van der Waals surface area (Å²) >= 11 is 0. The molecule has 3 aliphatic carbocycles. The van der Waals surface area contributed by atoms with Crippen molar-refractivity contribution in [3.8, 4) is 11.5 Å². The monoisotopic (exact) mass is 562 g/mol. The molecule has 0 N–H and O–H groups in total. The molecule has 8 rings (SSSR count). The van der Waals surface area contributed by atoms with Crippen LogP contribution < -0.4 is 19.3 Å². The Morgan fingerprint density at radius 2 is 1.07 bits per heavy atom. The summed E-state index contributed by atoms with van der Waals surface area (Å²) in [6, 6.07) is 23.3. The minimum Gasteiger partial charge on any atom is -0.492 e. The first-order valence-electron chi connectivity index (χ1n) is 14.4. The minimum absolute atomic E-state index is 0.366. The van der Waals surface area contributed by atoms with E-state index in [2.05, 4.69) is 0 Å². The number of rotatable bonds is 7. The fourth-order valence-electron chi connectivity index (χ4n) is 7.79.